The summed E-state index contributed by atoms with van der Waals surface area (Å²) in [6, 6.07) is 0. The number of carbonyl (C=O) groups is 1. The fourth-order valence-electron chi connectivity index (χ4n) is 0.952. The molecule has 14 heavy (non-hydrogen) atoms. The first-order valence-electron chi connectivity index (χ1n) is 5.36. The molecule has 2 N–H and O–H groups in total. The number of nitrogens with one attached hydrogen (secondary N) is 2. The molecule has 0 aromatic carbocycles. The Hall–Kier alpha value is -0.610. The Balaban J connectivity index is 3.10. The van der Waals surface area contributed by atoms with Gasteiger partial charge in [-0.25, -0.2) is 0 Å². The maximum absolute atomic E-state index is 11.1. The molecule has 0 saturated carbocycles. The minimum Gasteiger partial charge on any atom is -0.372 e. The van der Waals surface area contributed by atoms with E-state index < -0.39 is 0 Å². The van der Waals surface area contributed by atoms with Gasteiger partial charge in [0.25, 0.3) is 0 Å². The van der Waals surface area contributed by atoms with E-state index in [4.69, 9.17) is 4.74 Å². The molecular formula is C10H22N2O2. The summed E-state index contributed by atoms with van der Waals surface area (Å²) in [7, 11) is 0. The molecule has 0 unspecified atom stereocenters. The van der Waals surface area contributed by atoms with Crippen molar-refractivity contribution in [2.24, 2.45) is 0 Å². The molecule has 0 fully saturated rings. The van der Waals surface area contributed by atoms with Crippen molar-refractivity contribution in [1.29, 1.82) is 0 Å². The summed E-state index contributed by atoms with van der Waals surface area (Å²) in [6.45, 7) is 7.48. The van der Waals surface area contributed by atoms with E-state index in [2.05, 4.69) is 17.6 Å². The van der Waals surface area contributed by atoms with Gasteiger partial charge in [-0.2, -0.15) is 0 Å². The second-order valence-corrected chi connectivity index (χ2v) is 3.15. The highest BCUT2D eigenvalue weighted by Gasteiger charge is 1.98. The van der Waals surface area contributed by atoms with Gasteiger partial charge in [-0.15, -0.1) is 0 Å². The van der Waals surface area contributed by atoms with Gasteiger partial charge in [-0.3, -0.25) is 4.79 Å². The van der Waals surface area contributed by atoms with Crippen LogP contribution in [0.2, 0.25) is 0 Å². The Labute approximate surface area is 86.4 Å². The summed E-state index contributed by atoms with van der Waals surface area (Å²) in [6.07, 6.45) is 2.07. The van der Waals surface area contributed by atoms with Crippen LogP contribution in [0.15, 0.2) is 0 Å². The van der Waals surface area contributed by atoms with E-state index in [-0.39, 0.29) is 12.5 Å². The van der Waals surface area contributed by atoms with Crippen LogP contribution >= 0.6 is 0 Å². The summed E-state index contributed by atoms with van der Waals surface area (Å²) in [4.78, 5) is 11.1. The number of rotatable bonds is 9. The minimum absolute atomic E-state index is 0.0308. The Kier molecular flexibility index (Phi) is 10.0. The number of ether oxygens (including phenoxy) is 1. The van der Waals surface area contributed by atoms with Gasteiger partial charge in [0, 0.05) is 19.7 Å². The quantitative estimate of drug-likeness (QED) is 0.536. The molecule has 0 radical (unpaired) electrons. The number of hydrogen-bond acceptors (Lipinski definition) is 3. The first-order chi connectivity index (χ1) is 6.81. The van der Waals surface area contributed by atoms with Crippen LogP contribution in [0.25, 0.3) is 0 Å². The molecule has 0 atom stereocenters. The molecule has 4 heteroatoms. The van der Waals surface area contributed by atoms with E-state index in [1.54, 1.807) is 0 Å². The van der Waals surface area contributed by atoms with Crippen molar-refractivity contribution in [1.82, 2.24) is 10.6 Å². The molecular weight excluding hydrogens is 180 g/mol. The van der Waals surface area contributed by atoms with Gasteiger partial charge in [0.15, 0.2) is 0 Å². The van der Waals surface area contributed by atoms with Crippen LogP contribution in [0.1, 0.15) is 26.7 Å². The van der Waals surface area contributed by atoms with Crippen LogP contribution < -0.4 is 10.6 Å². The number of carbonyl (C=O) groups excluding carboxylic acids is 1. The zero-order chi connectivity index (χ0) is 10.6. The van der Waals surface area contributed by atoms with Gasteiger partial charge < -0.3 is 15.4 Å². The van der Waals surface area contributed by atoms with E-state index in [0.717, 1.165) is 25.9 Å². The second kappa shape index (κ2) is 10.5. The summed E-state index contributed by atoms with van der Waals surface area (Å²) in [5.41, 5.74) is 0. The molecule has 84 valence electrons. The summed E-state index contributed by atoms with van der Waals surface area (Å²) in [5.74, 6) is -0.0308. The maximum atomic E-state index is 11.1. The largest absolute Gasteiger partial charge is 0.372 e. The highest BCUT2D eigenvalue weighted by atomic mass is 16.5. The molecule has 0 heterocycles. The van der Waals surface area contributed by atoms with Crippen LogP contribution in [-0.2, 0) is 9.53 Å². The number of amides is 1. The first-order valence-corrected chi connectivity index (χ1v) is 5.36. The first kappa shape index (κ1) is 13.4. The molecule has 0 aromatic heterocycles. The SMILES string of the molecule is CCCNCCNC(=O)COCCC. The van der Waals surface area contributed by atoms with Gasteiger partial charge in [0.05, 0.1) is 0 Å². The highest BCUT2D eigenvalue weighted by Crippen LogP contribution is 1.79. The zero-order valence-electron chi connectivity index (χ0n) is 9.27. The average Bonchev–Trinajstić information content (AvgIpc) is 2.18. The van der Waals surface area contributed by atoms with Gasteiger partial charge in [-0.05, 0) is 19.4 Å². The predicted molar refractivity (Wildman–Crippen MR) is 57.3 cm³/mol. The van der Waals surface area contributed by atoms with Gasteiger partial charge in [0.2, 0.25) is 5.91 Å². The molecule has 1 amide bonds. The monoisotopic (exact) mass is 202 g/mol. The van der Waals surface area contributed by atoms with Crippen LogP contribution in [0.5, 0.6) is 0 Å². The summed E-state index contributed by atoms with van der Waals surface area (Å²) < 4.78 is 5.09. The maximum Gasteiger partial charge on any atom is 0.246 e. The molecule has 0 aromatic rings. The van der Waals surface area contributed by atoms with Crippen molar-refractivity contribution in [2.45, 2.75) is 26.7 Å². The number of hydrogen-bond donors (Lipinski definition) is 2. The van der Waals surface area contributed by atoms with E-state index in [0.29, 0.717) is 13.2 Å². The minimum atomic E-state index is -0.0308. The third kappa shape index (κ3) is 9.48. The Morgan fingerprint density at radius 2 is 1.93 bits per heavy atom. The van der Waals surface area contributed by atoms with Crippen molar-refractivity contribution in [3.63, 3.8) is 0 Å². The van der Waals surface area contributed by atoms with E-state index in [1.165, 1.54) is 0 Å². The van der Waals surface area contributed by atoms with Crippen LogP contribution in [-0.4, -0.2) is 38.8 Å². The van der Waals surface area contributed by atoms with E-state index in [1.807, 2.05) is 6.92 Å². The van der Waals surface area contributed by atoms with Crippen molar-refractivity contribution in [2.75, 3.05) is 32.8 Å². The van der Waals surface area contributed by atoms with Crippen LogP contribution in [0, 0.1) is 0 Å². The fourth-order valence-corrected chi connectivity index (χ4v) is 0.952. The van der Waals surface area contributed by atoms with E-state index >= 15 is 0 Å². The molecule has 0 rings (SSSR count). The van der Waals surface area contributed by atoms with Gasteiger partial charge in [0.1, 0.15) is 6.61 Å². The van der Waals surface area contributed by atoms with Gasteiger partial charge >= 0.3 is 0 Å². The fraction of sp³-hybridized carbons (Fsp3) is 0.900. The van der Waals surface area contributed by atoms with Crippen molar-refractivity contribution in [3.05, 3.63) is 0 Å². The lowest BCUT2D eigenvalue weighted by molar-refractivity contribution is -0.125. The summed E-state index contributed by atoms with van der Waals surface area (Å²) in [5, 5.41) is 5.98. The third-order valence-electron chi connectivity index (χ3n) is 1.63. The zero-order valence-corrected chi connectivity index (χ0v) is 9.27. The Morgan fingerprint density at radius 3 is 2.57 bits per heavy atom. The van der Waals surface area contributed by atoms with Gasteiger partial charge in [-0.1, -0.05) is 13.8 Å². The van der Waals surface area contributed by atoms with Crippen LogP contribution in [0.4, 0.5) is 0 Å². The lowest BCUT2D eigenvalue weighted by Crippen LogP contribution is -2.34. The van der Waals surface area contributed by atoms with Crippen molar-refractivity contribution in [3.8, 4) is 0 Å². The molecule has 4 nitrogen and oxygen atoms in total. The third-order valence-corrected chi connectivity index (χ3v) is 1.63. The smallest absolute Gasteiger partial charge is 0.246 e. The average molecular weight is 202 g/mol. The lowest BCUT2D eigenvalue weighted by Gasteiger charge is -2.06. The summed E-state index contributed by atoms with van der Waals surface area (Å²) >= 11 is 0. The highest BCUT2D eigenvalue weighted by molar-refractivity contribution is 5.77. The molecule has 0 saturated heterocycles. The Bertz CT molecular complexity index is 140. The lowest BCUT2D eigenvalue weighted by atomic mass is 10.4. The molecule has 0 bridgehead atoms. The molecule has 0 spiro atoms. The molecule has 0 aliphatic heterocycles. The van der Waals surface area contributed by atoms with E-state index in [9.17, 15) is 4.79 Å². The normalized spacial score (nSPS) is 10.1. The topological polar surface area (TPSA) is 50.4 Å². The Morgan fingerprint density at radius 1 is 1.14 bits per heavy atom. The predicted octanol–water partition coefficient (Wildman–Crippen LogP) is 0.529. The van der Waals surface area contributed by atoms with Crippen LogP contribution in [0.3, 0.4) is 0 Å². The molecule has 0 aliphatic carbocycles. The molecule has 0 aliphatic rings. The van der Waals surface area contributed by atoms with Crippen molar-refractivity contribution < 1.29 is 9.53 Å². The second-order valence-electron chi connectivity index (χ2n) is 3.15. The standard InChI is InChI=1S/C10H22N2O2/c1-3-5-11-6-7-12-10(13)9-14-8-4-2/h11H,3-9H2,1-2H3,(H,12,13). The van der Waals surface area contributed by atoms with Crippen molar-refractivity contribution >= 4 is 5.91 Å².